The number of pyridine rings is 1. The summed E-state index contributed by atoms with van der Waals surface area (Å²) in [6, 6.07) is 9.56. The number of nitrogens with two attached hydrogens (primary N) is 1. The lowest BCUT2D eigenvalue weighted by molar-refractivity contribution is 1.14. The number of rotatable bonds is 3. The molecule has 0 aliphatic rings. The molecule has 0 saturated heterocycles. The van der Waals surface area contributed by atoms with Crippen LogP contribution in [-0.4, -0.2) is 4.98 Å². The molecule has 0 atom stereocenters. The highest BCUT2D eigenvalue weighted by atomic mass is 35.5. The van der Waals surface area contributed by atoms with Crippen molar-refractivity contribution in [2.45, 2.75) is 6.54 Å². The molecule has 0 unspecified atom stereocenters. The van der Waals surface area contributed by atoms with Crippen LogP contribution in [-0.2, 0) is 6.54 Å². The van der Waals surface area contributed by atoms with Crippen LogP contribution in [0.4, 0.5) is 11.4 Å². The Labute approximate surface area is 99.3 Å². The highest BCUT2D eigenvalue weighted by Crippen LogP contribution is 2.14. The Bertz CT molecular complexity index is 440. The molecule has 1 aromatic heterocycles. The summed E-state index contributed by atoms with van der Waals surface area (Å²) in [6.45, 7) is 0.700. The number of hydrogen-bond donors (Lipinski definition) is 2. The molecule has 2 rings (SSSR count). The van der Waals surface area contributed by atoms with Gasteiger partial charge in [0.05, 0.1) is 17.6 Å². The second kappa shape index (κ2) is 4.86. The standard InChI is InChI=1S/C12H12ClN3/c13-10-3-1-2-9(4-10)6-16-12-5-11(14)7-15-8-12/h1-5,7-8,16H,6,14H2. The van der Waals surface area contributed by atoms with Gasteiger partial charge in [0.2, 0.25) is 0 Å². The first-order chi connectivity index (χ1) is 7.74. The molecular weight excluding hydrogens is 222 g/mol. The minimum Gasteiger partial charge on any atom is -0.397 e. The molecule has 3 nitrogen and oxygen atoms in total. The molecule has 0 amide bonds. The SMILES string of the molecule is Nc1cncc(NCc2cccc(Cl)c2)c1. The Balaban J connectivity index is 2.02. The zero-order valence-electron chi connectivity index (χ0n) is 8.65. The third-order valence-corrected chi connectivity index (χ3v) is 2.38. The van der Waals surface area contributed by atoms with Crippen LogP contribution < -0.4 is 11.1 Å². The Hall–Kier alpha value is -1.74. The molecular formula is C12H12ClN3. The van der Waals surface area contributed by atoms with E-state index in [1.54, 1.807) is 12.4 Å². The van der Waals surface area contributed by atoms with E-state index < -0.39 is 0 Å². The van der Waals surface area contributed by atoms with E-state index in [4.69, 9.17) is 17.3 Å². The Morgan fingerprint density at radius 1 is 1.25 bits per heavy atom. The third-order valence-electron chi connectivity index (χ3n) is 2.15. The molecule has 0 fully saturated rings. The summed E-state index contributed by atoms with van der Waals surface area (Å²) in [5.41, 5.74) is 8.30. The lowest BCUT2D eigenvalue weighted by atomic mass is 10.2. The largest absolute Gasteiger partial charge is 0.397 e. The number of hydrogen-bond acceptors (Lipinski definition) is 3. The fourth-order valence-electron chi connectivity index (χ4n) is 1.41. The minimum atomic E-state index is 0.649. The Morgan fingerprint density at radius 3 is 2.88 bits per heavy atom. The lowest BCUT2D eigenvalue weighted by Crippen LogP contribution is -2.00. The maximum Gasteiger partial charge on any atom is 0.0550 e. The van der Waals surface area contributed by atoms with Crippen molar-refractivity contribution in [3.8, 4) is 0 Å². The number of aromatic nitrogens is 1. The molecule has 4 heteroatoms. The summed E-state index contributed by atoms with van der Waals surface area (Å²) in [5.74, 6) is 0. The number of nitrogens with one attached hydrogen (secondary N) is 1. The van der Waals surface area contributed by atoms with Crippen molar-refractivity contribution in [3.63, 3.8) is 0 Å². The Morgan fingerprint density at radius 2 is 2.12 bits per heavy atom. The fourth-order valence-corrected chi connectivity index (χ4v) is 1.62. The molecule has 0 aliphatic carbocycles. The number of nitrogens with zero attached hydrogens (tertiary/aromatic N) is 1. The van der Waals surface area contributed by atoms with Gasteiger partial charge in [0.25, 0.3) is 0 Å². The smallest absolute Gasteiger partial charge is 0.0550 e. The first-order valence-corrected chi connectivity index (χ1v) is 5.31. The predicted octanol–water partition coefficient (Wildman–Crippen LogP) is 2.93. The molecule has 0 spiro atoms. The zero-order chi connectivity index (χ0) is 11.4. The molecule has 1 heterocycles. The quantitative estimate of drug-likeness (QED) is 0.857. The molecule has 0 saturated carbocycles. The van der Waals surface area contributed by atoms with E-state index in [0.717, 1.165) is 16.3 Å². The maximum atomic E-state index is 5.89. The van der Waals surface area contributed by atoms with Crippen LogP contribution in [0.1, 0.15) is 5.56 Å². The van der Waals surface area contributed by atoms with Crippen LogP contribution in [0.15, 0.2) is 42.7 Å². The number of nitrogen functional groups attached to an aromatic ring is 1. The van der Waals surface area contributed by atoms with E-state index in [1.165, 1.54) is 0 Å². The first kappa shape index (κ1) is 10.8. The van der Waals surface area contributed by atoms with E-state index in [0.29, 0.717) is 12.2 Å². The van der Waals surface area contributed by atoms with Crippen molar-refractivity contribution >= 4 is 23.0 Å². The summed E-state index contributed by atoms with van der Waals surface area (Å²) in [7, 11) is 0. The summed E-state index contributed by atoms with van der Waals surface area (Å²) in [6.07, 6.45) is 3.35. The normalized spacial score (nSPS) is 10.1. The van der Waals surface area contributed by atoms with Gasteiger partial charge in [-0.1, -0.05) is 23.7 Å². The summed E-state index contributed by atoms with van der Waals surface area (Å²) in [4.78, 5) is 4.00. The molecule has 0 radical (unpaired) electrons. The number of halogens is 1. The Kier molecular flexibility index (Phi) is 3.27. The lowest BCUT2D eigenvalue weighted by Gasteiger charge is -2.06. The van der Waals surface area contributed by atoms with E-state index in [9.17, 15) is 0 Å². The van der Waals surface area contributed by atoms with Crippen molar-refractivity contribution < 1.29 is 0 Å². The second-order valence-electron chi connectivity index (χ2n) is 3.49. The molecule has 1 aromatic carbocycles. The van der Waals surface area contributed by atoms with Gasteiger partial charge in [-0.2, -0.15) is 0 Å². The van der Waals surface area contributed by atoms with Crippen LogP contribution in [0.5, 0.6) is 0 Å². The van der Waals surface area contributed by atoms with Crippen molar-refractivity contribution in [1.29, 1.82) is 0 Å². The van der Waals surface area contributed by atoms with E-state index in [2.05, 4.69) is 10.3 Å². The second-order valence-corrected chi connectivity index (χ2v) is 3.93. The predicted molar refractivity (Wildman–Crippen MR) is 67.4 cm³/mol. The monoisotopic (exact) mass is 233 g/mol. The highest BCUT2D eigenvalue weighted by Gasteiger charge is 1.96. The molecule has 82 valence electrons. The average Bonchev–Trinajstić information content (AvgIpc) is 2.27. The van der Waals surface area contributed by atoms with Gasteiger partial charge in [0, 0.05) is 17.8 Å². The van der Waals surface area contributed by atoms with Crippen molar-refractivity contribution in [1.82, 2.24) is 4.98 Å². The number of anilines is 2. The summed E-state index contributed by atoms with van der Waals surface area (Å²) >= 11 is 5.89. The molecule has 0 aliphatic heterocycles. The van der Waals surface area contributed by atoms with Gasteiger partial charge in [-0.25, -0.2) is 0 Å². The van der Waals surface area contributed by atoms with Crippen LogP contribution in [0.2, 0.25) is 5.02 Å². The maximum absolute atomic E-state index is 5.89. The van der Waals surface area contributed by atoms with Gasteiger partial charge < -0.3 is 11.1 Å². The minimum absolute atomic E-state index is 0.649. The van der Waals surface area contributed by atoms with Gasteiger partial charge in [0.1, 0.15) is 0 Å². The van der Waals surface area contributed by atoms with Crippen molar-refractivity contribution in [3.05, 3.63) is 53.3 Å². The molecule has 16 heavy (non-hydrogen) atoms. The van der Waals surface area contributed by atoms with Crippen molar-refractivity contribution in [2.75, 3.05) is 11.1 Å². The van der Waals surface area contributed by atoms with E-state index >= 15 is 0 Å². The first-order valence-electron chi connectivity index (χ1n) is 4.93. The topological polar surface area (TPSA) is 50.9 Å². The van der Waals surface area contributed by atoms with Gasteiger partial charge in [-0.05, 0) is 23.8 Å². The molecule has 2 aromatic rings. The van der Waals surface area contributed by atoms with Gasteiger partial charge >= 0.3 is 0 Å². The van der Waals surface area contributed by atoms with Crippen LogP contribution in [0.25, 0.3) is 0 Å². The van der Waals surface area contributed by atoms with Crippen molar-refractivity contribution in [2.24, 2.45) is 0 Å². The van der Waals surface area contributed by atoms with Gasteiger partial charge in [-0.3, -0.25) is 4.98 Å². The molecule has 3 N–H and O–H groups in total. The van der Waals surface area contributed by atoms with Crippen LogP contribution in [0, 0.1) is 0 Å². The van der Waals surface area contributed by atoms with E-state index in [1.807, 2.05) is 30.3 Å². The average molecular weight is 234 g/mol. The van der Waals surface area contributed by atoms with Gasteiger partial charge in [0.15, 0.2) is 0 Å². The third kappa shape index (κ3) is 2.87. The van der Waals surface area contributed by atoms with Crippen LogP contribution >= 0.6 is 11.6 Å². The summed E-state index contributed by atoms with van der Waals surface area (Å²) in [5, 5.41) is 3.97. The number of benzene rings is 1. The zero-order valence-corrected chi connectivity index (χ0v) is 9.41. The van der Waals surface area contributed by atoms with Crippen LogP contribution in [0.3, 0.4) is 0 Å². The highest BCUT2D eigenvalue weighted by molar-refractivity contribution is 6.30. The fraction of sp³-hybridized carbons (Fsp3) is 0.0833. The molecule has 0 bridgehead atoms. The van der Waals surface area contributed by atoms with E-state index in [-0.39, 0.29) is 0 Å². The summed E-state index contributed by atoms with van der Waals surface area (Å²) < 4.78 is 0. The van der Waals surface area contributed by atoms with Gasteiger partial charge in [-0.15, -0.1) is 0 Å².